The fourth-order valence-electron chi connectivity index (χ4n) is 3.40. The zero-order chi connectivity index (χ0) is 20.7. The van der Waals surface area contributed by atoms with E-state index in [-0.39, 0.29) is 5.91 Å². The molecule has 9 heteroatoms. The van der Waals surface area contributed by atoms with Gasteiger partial charge in [0, 0.05) is 36.6 Å². The third-order valence-electron chi connectivity index (χ3n) is 5.22. The zero-order valence-electron chi connectivity index (χ0n) is 16.8. The molecule has 0 aliphatic heterocycles. The molecule has 0 unspecified atom stereocenters. The number of hydrogen-bond donors (Lipinski definition) is 2. The Morgan fingerprint density at radius 2 is 2.10 bits per heavy atom. The molecule has 0 radical (unpaired) electrons. The fourth-order valence-corrected chi connectivity index (χ4v) is 3.40. The molecule has 0 saturated heterocycles. The average Bonchev–Trinajstić information content (AvgIpc) is 3.31. The minimum absolute atomic E-state index is 0.0241. The molecule has 9 nitrogen and oxygen atoms in total. The summed E-state index contributed by atoms with van der Waals surface area (Å²) in [5.41, 5.74) is 4.75. The van der Waals surface area contributed by atoms with E-state index < -0.39 is 0 Å². The van der Waals surface area contributed by atoms with E-state index in [0.29, 0.717) is 23.1 Å². The van der Waals surface area contributed by atoms with Crippen molar-refractivity contribution < 1.29 is 4.79 Å². The van der Waals surface area contributed by atoms with E-state index in [9.17, 15) is 4.79 Å². The van der Waals surface area contributed by atoms with E-state index in [1.54, 1.807) is 27.8 Å². The molecule has 1 saturated carbocycles. The molecule has 2 N–H and O–H groups in total. The van der Waals surface area contributed by atoms with Gasteiger partial charge in [-0.25, -0.2) is 4.52 Å². The summed E-state index contributed by atoms with van der Waals surface area (Å²) in [4.78, 5) is 21.2. The number of carbonyl (C=O) groups excluding carboxylic acids is 1. The number of nitrogens with zero attached hydrogens (tertiary/aromatic N) is 6. The number of carbonyl (C=O) groups is 1. The van der Waals surface area contributed by atoms with Crippen LogP contribution >= 0.6 is 0 Å². The van der Waals surface area contributed by atoms with E-state index in [0.717, 1.165) is 29.1 Å². The van der Waals surface area contributed by atoms with Crippen LogP contribution in [0.15, 0.2) is 43.0 Å². The van der Waals surface area contributed by atoms with Crippen LogP contribution in [0, 0.1) is 12.8 Å². The number of hydrogen-bond acceptors (Lipinski definition) is 6. The van der Waals surface area contributed by atoms with Gasteiger partial charge in [0.25, 0.3) is 5.91 Å². The highest BCUT2D eigenvalue weighted by Gasteiger charge is 2.22. The summed E-state index contributed by atoms with van der Waals surface area (Å²) in [6.45, 7) is 2.69. The molecule has 1 aliphatic rings. The van der Waals surface area contributed by atoms with Crippen LogP contribution in [0.5, 0.6) is 0 Å². The van der Waals surface area contributed by atoms with Gasteiger partial charge in [-0.15, -0.1) is 5.10 Å². The Labute approximate surface area is 173 Å². The van der Waals surface area contributed by atoms with Crippen molar-refractivity contribution in [2.75, 3.05) is 11.9 Å². The number of amides is 1. The summed E-state index contributed by atoms with van der Waals surface area (Å²) in [5, 5.41) is 15.0. The summed E-state index contributed by atoms with van der Waals surface area (Å²) < 4.78 is 3.47. The molecule has 1 aromatic carbocycles. The topological polar surface area (TPSA) is 102 Å². The Morgan fingerprint density at radius 1 is 1.23 bits per heavy atom. The van der Waals surface area contributed by atoms with Gasteiger partial charge < -0.3 is 10.6 Å². The van der Waals surface area contributed by atoms with Crippen molar-refractivity contribution in [3.63, 3.8) is 0 Å². The van der Waals surface area contributed by atoms with Crippen molar-refractivity contribution >= 4 is 23.2 Å². The molecule has 152 valence electrons. The van der Waals surface area contributed by atoms with Crippen LogP contribution in [0.2, 0.25) is 0 Å². The number of anilines is 2. The van der Waals surface area contributed by atoms with Crippen molar-refractivity contribution in [2.24, 2.45) is 13.0 Å². The van der Waals surface area contributed by atoms with Gasteiger partial charge in [-0.05, 0) is 49.4 Å². The summed E-state index contributed by atoms with van der Waals surface area (Å²) in [6, 6.07) is 5.63. The van der Waals surface area contributed by atoms with Crippen LogP contribution in [0.1, 0.15) is 28.8 Å². The molecule has 4 aromatic rings. The molecule has 0 atom stereocenters. The summed E-state index contributed by atoms with van der Waals surface area (Å²) in [5.74, 6) is 1.09. The van der Waals surface area contributed by atoms with Gasteiger partial charge in [0.1, 0.15) is 0 Å². The van der Waals surface area contributed by atoms with Gasteiger partial charge in [0.2, 0.25) is 5.95 Å². The van der Waals surface area contributed by atoms with Crippen LogP contribution in [0.4, 0.5) is 11.6 Å². The largest absolute Gasteiger partial charge is 0.352 e. The van der Waals surface area contributed by atoms with Crippen molar-refractivity contribution in [3.8, 4) is 11.3 Å². The summed E-state index contributed by atoms with van der Waals surface area (Å²) in [6.07, 6.45) is 9.50. The molecule has 1 amide bonds. The first-order valence-corrected chi connectivity index (χ1v) is 9.92. The van der Waals surface area contributed by atoms with Gasteiger partial charge in [-0.2, -0.15) is 10.1 Å². The van der Waals surface area contributed by atoms with E-state index >= 15 is 0 Å². The number of rotatable bonds is 6. The molecular weight excluding hydrogens is 380 g/mol. The minimum Gasteiger partial charge on any atom is -0.352 e. The second kappa shape index (κ2) is 7.25. The SMILES string of the molecule is Cc1cc(Nc2nc3cncc(-c4cnn(C)c4)n3n2)ccc1C(=O)NCC1CC1. The van der Waals surface area contributed by atoms with Crippen LogP contribution < -0.4 is 10.6 Å². The zero-order valence-corrected chi connectivity index (χ0v) is 16.8. The van der Waals surface area contributed by atoms with Gasteiger partial charge in [0.05, 0.1) is 24.3 Å². The maximum absolute atomic E-state index is 12.4. The number of aryl methyl sites for hydroxylation is 2. The number of fused-ring (bicyclic) bond motifs is 1. The van der Waals surface area contributed by atoms with Gasteiger partial charge in [-0.3, -0.25) is 14.5 Å². The molecule has 3 aromatic heterocycles. The molecule has 30 heavy (non-hydrogen) atoms. The van der Waals surface area contributed by atoms with Crippen LogP contribution in [-0.2, 0) is 7.05 Å². The highest BCUT2D eigenvalue weighted by Crippen LogP contribution is 2.28. The Bertz CT molecular complexity index is 1240. The van der Waals surface area contributed by atoms with Crippen molar-refractivity contribution in [2.45, 2.75) is 19.8 Å². The standard InChI is InChI=1S/C21H22N8O/c1-13-7-16(5-6-17(13)20(30)23-8-14-3-4-14)25-21-26-19-11-22-10-18(29(19)27-21)15-9-24-28(2)12-15/h5-7,9-12,14H,3-4,8H2,1-2H3,(H,23,30)(H,25,27). The second-order valence-corrected chi connectivity index (χ2v) is 7.71. The molecule has 0 spiro atoms. The van der Waals surface area contributed by atoms with Gasteiger partial charge in [0.15, 0.2) is 5.65 Å². The Morgan fingerprint density at radius 3 is 2.83 bits per heavy atom. The molecule has 0 bridgehead atoms. The lowest BCUT2D eigenvalue weighted by Gasteiger charge is -2.09. The van der Waals surface area contributed by atoms with Crippen molar-refractivity contribution in [3.05, 3.63) is 54.1 Å². The second-order valence-electron chi connectivity index (χ2n) is 7.71. The van der Waals surface area contributed by atoms with E-state index in [2.05, 4.69) is 30.8 Å². The van der Waals surface area contributed by atoms with E-state index in [1.807, 2.05) is 38.4 Å². The Hall–Kier alpha value is -3.75. The smallest absolute Gasteiger partial charge is 0.251 e. The van der Waals surface area contributed by atoms with E-state index in [4.69, 9.17) is 0 Å². The average molecular weight is 402 g/mol. The lowest BCUT2D eigenvalue weighted by Crippen LogP contribution is -2.26. The quantitative estimate of drug-likeness (QED) is 0.514. The highest BCUT2D eigenvalue weighted by atomic mass is 16.1. The predicted molar refractivity (Wildman–Crippen MR) is 113 cm³/mol. The molecular formula is C21H22N8O. The monoisotopic (exact) mass is 402 g/mol. The maximum atomic E-state index is 12.4. The number of aromatic nitrogens is 6. The maximum Gasteiger partial charge on any atom is 0.251 e. The van der Waals surface area contributed by atoms with E-state index in [1.165, 1.54) is 12.8 Å². The first kappa shape index (κ1) is 18.3. The third-order valence-corrected chi connectivity index (χ3v) is 5.22. The minimum atomic E-state index is -0.0241. The van der Waals surface area contributed by atoms with Gasteiger partial charge in [-0.1, -0.05) is 0 Å². The first-order chi connectivity index (χ1) is 14.6. The Kier molecular flexibility index (Phi) is 4.42. The normalized spacial score (nSPS) is 13.5. The van der Waals surface area contributed by atoms with Crippen LogP contribution in [0.3, 0.4) is 0 Å². The fraction of sp³-hybridized carbons (Fsp3) is 0.286. The Balaban J connectivity index is 1.37. The lowest BCUT2D eigenvalue weighted by atomic mass is 10.1. The van der Waals surface area contributed by atoms with Crippen molar-refractivity contribution in [1.29, 1.82) is 0 Å². The van der Waals surface area contributed by atoms with Crippen LogP contribution in [-0.4, -0.2) is 41.8 Å². The highest BCUT2D eigenvalue weighted by molar-refractivity contribution is 5.96. The number of benzene rings is 1. The molecule has 1 aliphatic carbocycles. The summed E-state index contributed by atoms with van der Waals surface area (Å²) in [7, 11) is 1.86. The molecule has 5 rings (SSSR count). The van der Waals surface area contributed by atoms with Gasteiger partial charge >= 0.3 is 0 Å². The summed E-state index contributed by atoms with van der Waals surface area (Å²) >= 11 is 0. The van der Waals surface area contributed by atoms with Crippen molar-refractivity contribution in [1.82, 2.24) is 34.7 Å². The third kappa shape index (κ3) is 3.61. The van der Waals surface area contributed by atoms with Crippen LogP contribution in [0.25, 0.3) is 16.9 Å². The lowest BCUT2D eigenvalue weighted by molar-refractivity contribution is 0.0951. The number of nitrogens with one attached hydrogen (secondary N) is 2. The first-order valence-electron chi connectivity index (χ1n) is 9.92. The molecule has 3 heterocycles. The predicted octanol–water partition coefficient (Wildman–Crippen LogP) is 2.72. The molecule has 1 fully saturated rings.